The molecule has 0 atom stereocenters. The first-order valence-electron chi connectivity index (χ1n) is 11.5. The molecule has 4 N–H and O–H groups in total. The van der Waals surface area contributed by atoms with E-state index in [2.05, 4.69) is 35.7 Å². The van der Waals surface area contributed by atoms with Crippen molar-refractivity contribution in [2.24, 2.45) is 0 Å². The van der Waals surface area contributed by atoms with Gasteiger partial charge in [-0.3, -0.25) is 20.2 Å². The zero-order valence-electron chi connectivity index (χ0n) is 20.5. The van der Waals surface area contributed by atoms with E-state index in [9.17, 15) is 4.79 Å². The van der Waals surface area contributed by atoms with Gasteiger partial charge in [-0.1, -0.05) is 11.6 Å². The average Bonchev–Trinajstić information content (AvgIpc) is 3.49. The SMILES string of the molecule is CC(C)Nc1c(F)c(Cl)c(-c2cn3cc(NC(=O)N4CCN(C)CC4)nc3cn2)c2cn[nH]c12.O=CO. The smallest absolute Gasteiger partial charge is 0.323 e. The Hall–Kier alpha value is -3.97. The summed E-state index contributed by atoms with van der Waals surface area (Å²) >= 11 is 6.49. The molecule has 4 heterocycles. The quantitative estimate of drug-likeness (QED) is 0.293. The number of aromatic nitrogens is 5. The standard InChI is InChI=1S/C22H25ClFN9O.CH2O2/c1-12(2)27-21-19(24)18(23)17(13-8-26-30-20(13)21)14-10-33-11-15(28-16(33)9-25-14)29-22(34)32-6-4-31(3)5-7-32;2-1-3/h8-12,27H,4-7H2,1-3H3,(H,26,30)(H,29,34);1H,(H,2,3). The van der Waals surface area contributed by atoms with Crippen LogP contribution >= 0.6 is 11.6 Å². The lowest BCUT2D eigenvalue weighted by atomic mass is 10.1. The van der Waals surface area contributed by atoms with Gasteiger partial charge in [0.15, 0.2) is 17.3 Å². The molecule has 0 bridgehead atoms. The Balaban J connectivity index is 0.00000102. The summed E-state index contributed by atoms with van der Waals surface area (Å²) in [6.07, 6.45) is 6.56. The highest BCUT2D eigenvalue weighted by Gasteiger charge is 2.23. The number of hydrogen-bond donors (Lipinski definition) is 4. The summed E-state index contributed by atoms with van der Waals surface area (Å²) in [6, 6.07) is -0.189. The van der Waals surface area contributed by atoms with E-state index in [-0.39, 0.29) is 29.3 Å². The normalized spacial score (nSPS) is 14.1. The number of halogens is 2. The maximum Gasteiger partial charge on any atom is 0.323 e. The van der Waals surface area contributed by atoms with Crippen molar-refractivity contribution < 1.29 is 19.1 Å². The summed E-state index contributed by atoms with van der Waals surface area (Å²) < 4.78 is 17.0. The summed E-state index contributed by atoms with van der Waals surface area (Å²) in [5.41, 5.74) is 2.20. The number of carbonyl (C=O) groups excluding carboxylic acids is 1. The lowest BCUT2D eigenvalue weighted by molar-refractivity contribution is -0.122. The summed E-state index contributed by atoms with van der Waals surface area (Å²) in [5, 5.41) is 20.4. The number of imidazole rings is 1. The Morgan fingerprint density at radius 1 is 1.24 bits per heavy atom. The molecule has 0 unspecified atom stereocenters. The van der Waals surface area contributed by atoms with Crippen LogP contribution in [0.2, 0.25) is 5.02 Å². The molecule has 0 spiro atoms. The summed E-state index contributed by atoms with van der Waals surface area (Å²) in [7, 11) is 2.03. The van der Waals surface area contributed by atoms with Gasteiger partial charge in [-0.25, -0.2) is 14.2 Å². The van der Waals surface area contributed by atoms with Gasteiger partial charge in [0.2, 0.25) is 0 Å². The number of hydrogen-bond acceptors (Lipinski definition) is 7. The van der Waals surface area contributed by atoms with E-state index in [1.54, 1.807) is 34.1 Å². The van der Waals surface area contributed by atoms with E-state index in [4.69, 9.17) is 21.5 Å². The van der Waals surface area contributed by atoms with Gasteiger partial charge < -0.3 is 24.6 Å². The first-order valence-corrected chi connectivity index (χ1v) is 11.9. The largest absolute Gasteiger partial charge is 0.483 e. The summed E-state index contributed by atoms with van der Waals surface area (Å²) in [6.45, 7) is 6.56. The van der Waals surface area contributed by atoms with Crippen molar-refractivity contribution in [3.05, 3.63) is 35.6 Å². The molecule has 0 aliphatic carbocycles. The molecular formula is C23H27ClFN9O3. The molecule has 1 fully saturated rings. The molecule has 1 aromatic carbocycles. The van der Waals surface area contributed by atoms with E-state index in [0.717, 1.165) is 13.1 Å². The van der Waals surface area contributed by atoms with Gasteiger partial charge in [0.05, 0.1) is 40.5 Å². The number of carboxylic acid groups (broad SMARTS) is 1. The van der Waals surface area contributed by atoms with Gasteiger partial charge in [0.1, 0.15) is 0 Å². The van der Waals surface area contributed by atoms with Crippen LogP contribution < -0.4 is 10.6 Å². The Kier molecular flexibility index (Phi) is 7.74. The van der Waals surface area contributed by atoms with E-state index in [0.29, 0.717) is 46.7 Å². The Morgan fingerprint density at radius 2 is 1.95 bits per heavy atom. The van der Waals surface area contributed by atoms with Gasteiger partial charge in [-0.05, 0) is 20.9 Å². The topological polar surface area (TPSA) is 144 Å². The number of fused-ring (bicyclic) bond motifs is 2. The first-order chi connectivity index (χ1) is 17.7. The number of nitrogens with zero attached hydrogens (tertiary/aromatic N) is 6. The fourth-order valence-corrected chi connectivity index (χ4v) is 4.37. The number of amides is 2. The van der Waals surface area contributed by atoms with Crippen LogP contribution in [0.15, 0.2) is 24.8 Å². The lowest BCUT2D eigenvalue weighted by Crippen LogP contribution is -2.48. The van der Waals surface area contributed by atoms with Gasteiger partial charge in [-0.2, -0.15) is 5.10 Å². The Labute approximate surface area is 216 Å². The minimum Gasteiger partial charge on any atom is -0.483 e. The zero-order chi connectivity index (χ0) is 26.7. The van der Waals surface area contributed by atoms with Crippen molar-refractivity contribution in [2.45, 2.75) is 19.9 Å². The molecule has 0 radical (unpaired) electrons. The minimum atomic E-state index is -0.574. The van der Waals surface area contributed by atoms with E-state index in [1.165, 1.54) is 0 Å². The second kappa shape index (κ2) is 11.0. The molecule has 12 nitrogen and oxygen atoms in total. The van der Waals surface area contributed by atoms with Crippen molar-refractivity contribution in [1.82, 2.24) is 34.4 Å². The van der Waals surface area contributed by atoms with Crippen molar-refractivity contribution in [3.8, 4) is 11.3 Å². The molecule has 14 heteroatoms. The van der Waals surface area contributed by atoms with Crippen molar-refractivity contribution in [2.75, 3.05) is 43.9 Å². The number of urea groups is 1. The third kappa shape index (κ3) is 5.42. The Bertz CT molecular complexity index is 1430. The highest BCUT2D eigenvalue weighted by Crippen LogP contribution is 2.40. The molecule has 3 aromatic heterocycles. The number of likely N-dealkylation sites (N-methyl/N-ethyl adjacent to an activating group) is 1. The van der Waals surface area contributed by atoms with Crippen molar-refractivity contribution in [1.29, 1.82) is 0 Å². The van der Waals surface area contributed by atoms with E-state index >= 15 is 4.39 Å². The van der Waals surface area contributed by atoms with Gasteiger partial charge in [0, 0.05) is 49.4 Å². The second-order valence-corrected chi connectivity index (χ2v) is 9.20. The number of carbonyl (C=O) groups is 2. The maximum absolute atomic E-state index is 15.2. The highest BCUT2D eigenvalue weighted by molar-refractivity contribution is 6.35. The molecule has 2 amide bonds. The van der Waals surface area contributed by atoms with E-state index in [1.807, 2.05) is 20.9 Å². The number of rotatable bonds is 4. The van der Waals surface area contributed by atoms with Crippen LogP contribution in [0, 0.1) is 5.82 Å². The number of nitrogens with one attached hydrogen (secondary N) is 3. The number of anilines is 2. The van der Waals surface area contributed by atoms with Gasteiger partial charge in [0.25, 0.3) is 6.47 Å². The van der Waals surface area contributed by atoms with Crippen LogP contribution in [0.5, 0.6) is 0 Å². The second-order valence-electron chi connectivity index (χ2n) is 8.83. The molecule has 1 aliphatic heterocycles. The number of piperazine rings is 1. The van der Waals surface area contributed by atoms with E-state index < -0.39 is 5.82 Å². The first kappa shape index (κ1) is 26.1. The van der Waals surface area contributed by atoms with Crippen molar-refractivity contribution in [3.63, 3.8) is 0 Å². The van der Waals surface area contributed by atoms with Crippen LogP contribution in [0.3, 0.4) is 0 Å². The fourth-order valence-electron chi connectivity index (χ4n) is 4.08. The zero-order valence-corrected chi connectivity index (χ0v) is 21.3. The molecule has 1 saturated heterocycles. The van der Waals surface area contributed by atoms with Gasteiger partial charge in [-0.15, -0.1) is 0 Å². The number of aromatic amines is 1. The van der Waals surface area contributed by atoms with Crippen molar-refractivity contribution >= 4 is 52.2 Å². The predicted molar refractivity (Wildman–Crippen MR) is 139 cm³/mol. The predicted octanol–water partition coefficient (Wildman–Crippen LogP) is 3.37. The Morgan fingerprint density at radius 3 is 2.62 bits per heavy atom. The molecule has 0 saturated carbocycles. The molecule has 37 heavy (non-hydrogen) atoms. The monoisotopic (exact) mass is 531 g/mol. The maximum atomic E-state index is 15.2. The van der Waals surface area contributed by atoms with Crippen LogP contribution in [0.1, 0.15) is 13.8 Å². The summed E-state index contributed by atoms with van der Waals surface area (Å²) in [5.74, 6) is -0.167. The molecular weight excluding hydrogens is 505 g/mol. The molecule has 5 rings (SSSR count). The lowest BCUT2D eigenvalue weighted by Gasteiger charge is -2.32. The highest BCUT2D eigenvalue weighted by atomic mass is 35.5. The molecule has 1 aliphatic rings. The van der Waals surface area contributed by atoms with Crippen LogP contribution in [0.4, 0.5) is 20.7 Å². The minimum absolute atomic E-state index is 0.00261. The third-order valence-electron chi connectivity index (χ3n) is 5.85. The third-order valence-corrected chi connectivity index (χ3v) is 6.20. The summed E-state index contributed by atoms with van der Waals surface area (Å²) in [4.78, 5) is 33.8. The van der Waals surface area contributed by atoms with Crippen LogP contribution in [-0.2, 0) is 4.79 Å². The molecule has 4 aromatic rings. The van der Waals surface area contributed by atoms with Gasteiger partial charge >= 0.3 is 6.03 Å². The fraction of sp³-hybridized carbons (Fsp3) is 0.348. The number of benzene rings is 1. The van der Waals surface area contributed by atoms with Crippen LogP contribution in [0.25, 0.3) is 27.8 Å². The number of H-pyrrole nitrogens is 1. The average molecular weight is 532 g/mol. The molecule has 196 valence electrons. The van der Waals surface area contributed by atoms with Crippen LogP contribution in [-0.4, -0.2) is 91.2 Å².